The molecule has 0 amide bonds. The first-order valence-electron chi connectivity index (χ1n) is 4.48. The highest BCUT2D eigenvalue weighted by Gasteiger charge is 2.05. The van der Waals surface area contributed by atoms with Gasteiger partial charge in [0.15, 0.2) is 5.65 Å². The zero-order valence-electron chi connectivity index (χ0n) is 8.25. The molecule has 0 unspecified atom stereocenters. The Morgan fingerprint density at radius 1 is 1.60 bits per heavy atom. The molecule has 2 heterocycles. The lowest BCUT2D eigenvalue weighted by Gasteiger charge is -2.01. The van der Waals surface area contributed by atoms with E-state index < -0.39 is 0 Å². The molecule has 0 saturated heterocycles. The van der Waals surface area contributed by atoms with Crippen molar-refractivity contribution in [2.45, 2.75) is 13.3 Å². The molecule has 0 spiro atoms. The summed E-state index contributed by atoms with van der Waals surface area (Å²) in [5.41, 5.74) is 7.04. The summed E-state index contributed by atoms with van der Waals surface area (Å²) < 4.78 is 1.69. The predicted octanol–water partition coefficient (Wildman–Crippen LogP) is 0.327. The third-order valence-electron chi connectivity index (χ3n) is 2.03. The second-order valence-corrected chi connectivity index (χ2v) is 3.21. The summed E-state index contributed by atoms with van der Waals surface area (Å²) in [6, 6.07) is 5.58. The molecule has 15 heavy (non-hydrogen) atoms. The first kappa shape index (κ1) is 9.45. The van der Waals surface area contributed by atoms with Crippen molar-refractivity contribution in [3.05, 3.63) is 29.7 Å². The topological polar surface area (TPSA) is 88.8 Å². The van der Waals surface area contributed by atoms with E-state index in [1.165, 1.54) is 0 Å². The van der Waals surface area contributed by atoms with Crippen molar-refractivity contribution in [2.24, 2.45) is 10.9 Å². The minimum atomic E-state index is 0.149. The highest BCUT2D eigenvalue weighted by atomic mass is 16.4. The standard InChI is InChI=1S/C9H11N5O/c1-6-11-9-4-2-3-7(14(9)12-6)5-8(10)13-15/h2-4,15H,5H2,1H3,(H2,10,13). The maximum Gasteiger partial charge on any atom is 0.155 e. The number of aromatic nitrogens is 3. The van der Waals surface area contributed by atoms with Crippen LogP contribution in [0.2, 0.25) is 0 Å². The van der Waals surface area contributed by atoms with E-state index in [0.717, 1.165) is 11.3 Å². The Hall–Kier alpha value is -2.11. The van der Waals surface area contributed by atoms with Gasteiger partial charge in [-0.3, -0.25) is 0 Å². The molecule has 0 bridgehead atoms. The van der Waals surface area contributed by atoms with Crippen LogP contribution in [0.3, 0.4) is 0 Å². The molecule has 2 rings (SSSR count). The number of rotatable bonds is 2. The summed E-state index contributed by atoms with van der Waals surface area (Å²) in [5, 5.41) is 15.6. The third-order valence-corrected chi connectivity index (χ3v) is 2.03. The van der Waals surface area contributed by atoms with E-state index in [-0.39, 0.29) is 5.84 Å². The average molecular weight is 205 g/mol. The molecule has 3 N–H and O–H groups in total. The lowest BCUT2D eigenvalue weighted by molar-refractivity contribution is 0.317. The van der Waals surface area contributed by atoms with E-state index in [1.54, 1.807) is 4.52 Å². The summed E-state index contributed by atoms with van der Waals surface area (Å²) in [7, 11) is 0. The molecule has 0 atom stereocenters. The molecule has 0 radical (unpaired) electrons. The number of hydrogen-bond acceptors (Lipinski definition) is 4. The normalized spacial score (nSPS) is 12.2. The van der Waals surface area contributed by atoms with Gasteiger partial charge in [0.25, 0.3) is 0 Å². The molecule has 0 aromatic carbocycles. The molecule has 78 valence electrons. The van der Waals surface area contributed by atoms with Gasteiger partial charge in [-0.1, -0.05) is 11.2 Å². The van der Waals surface area contributed by atoms with Gasteiger partial charge in [-0.05, 0) is 19.1 Å². The van der Waals surface area contributed by atoms with E-state index >= 15 is 0 Å². The smallest absolute Gasteiger partial charge is 0.155 e. The van der Waals surface area contributed by atoms with Crippen LogP contribution >= 0.6 is 0 Å². The van der Waals surface area contributed by atoms with Crippen LogP contribution in [0.1, 0.15) is 11.5 Å². The summed E-state index contributed by atoms with van der Waals surface area (Å²) in [4.78, 5) is 4.22. The quantitative estimate of drug-likeness (QED) is 0.320. The fourth-order valence-electron chi connectivity index (χ4n) is 1.42. The highest BCUT2D eigenvalue weighted by molar-refractivity contribution is 5.81. The van der Waals surface area contributed by atoms with Gasteiger partial charge in [0, 0.05) is 0 Å². The first-order valence-corrected chi connectivity index (χ1v) is 4.48. The maximum atomic E-state index is 8.49. The minimum absolute atomic E-state index is 0.149. The minimum Gasteiger partial charge on any atom is -0.409 e. The van der Waals surface area contributed by atoms with Crippen LogP contribution in [-0.4, -0.2) is 25.6 Å². The molecular weight excluding hydrogens is 194 g/mol. The van der Waals surface area contributed by atoms with Crippen molar-refractivity contribution in [1.82, 2.24) is 14.6 Å². The van der Waals surface area contributed by atoms with Crippen LogP contribution in [0.25, 0.3) is 5.65 Å². The zero-order chi connectivity index (χ0) is 10.8. The van der Waals surface area contributed by atoms with Crippen LogP contribution in [0.4, 0.5) is 0 Å². The van der Waals surface area contributed by atoms with Crippen LogP contribution < -0.4 is 5.73 Å². The second kappa shape index (κ2) is 3.56. The van der Waals surface area contributed by atoms with Gasteiger partial charge in [-0.2, -0.15) is 5.10 Å². The molecule has 0 fully saturated rings. The van der Waals surface area contributed by atoms with E-state index in [1.807, 2.05) is 25.1 Å². The number of fused-ring (bicyclic) bond motifs is 1. The molecule has 0 aliphatic carbocycles. The number of pyridine rings is 1. The predicted molar refractivity (Wildman–Crippen MR) is 54.8 cm³/mol. The number of nitrogens with zero attached hydrogens (tertiary/aromatic N) is 4. The first-order chi connectivity index (χ1) is 7.20. The van der Waals surface area contributed by atoms with Crippen molar-refractivity contribution in [3.8, 4) is 0 Å². The van der Waals surface area contributed by atoms with Crippen LogP contribution in [0.15, 0.2) is 23.4 Å². The van der Waals surface area contributed by atoms with E-state index in [0.29, 0.717) is 12.2 Å². The molecule has 6 nitrogen and oxygen atoms in total. The number of oxime groups is 1. The van der Waals surface area contributed by atoms with Crippen molar-refractivity contribution < 1.29 is 5.21 Å². The molecule has 0 aliphatic heterocycles. The van der Waals surface area contributed by atoms with Crippen molar-refractivity contribution in [2.75, 3.05) is 0 Å². The molecule has 2 aromatic heterocycles. The van der Waals surface area contributed by atoms with Crippen molar-refractivity contribution in [1.29, 1.82) is 0 Å². The van der Waals surface area contributed by atoms with Gasteiger partial charge >= 0.3 is 0 Å². The highest BCUT2D eigenvalue weighted by Crippen LogP contribution is 2.06. The Bertz CT molecular complexity index is 516. The van der Waals surface area contributed by atoms with Crippen molar-refractivity contribution in [3.63, 3.8) is 0 Å². The van der Waals surface area contributed by atoms with Gasteiger partial charge in [0.2, 0.25) is 0 Å². The summed E-state index contributed by atoms with van der Waals surface area (Å²) >= 11 is 0. The van der Waals surface area contributed by atoms with Crippen LogP contribution in [-0.2, 0) is 6.42 Å². The molecule has 0 saturated carbocycles. The Morgan fingerprint density at radius 3 is 3.13 bits per heavy atom. The summed E-state index contributed by atoms with van der Waals surface area (Å²) in [5.74, 6) is 0.845. The SMILES string of the molecule is Cc1nc2cccc(C/C(N)=N/O)n2n1. The largest absolute Gasteiger partial charge is 0.409 e. The zero-order valence-corrected chi connectivity index (χ0v) is 8.25. The van der Waals surface area contributed by atoms with Crippen LogP contribution in [0.5, 0.6) is 0 Å². The number of aryl methyl sites for hydroxylation is 1. The Balaban J connectivity index is 2.50. The lowest BCUT2D eigenvalue weighted by atomic mass is 10.2. The Labute approximate surface area is 86.0 Å². The molecule has 2 aromatic rings. The second-order valence-electron chi connectivity index (χ2n) is 3.21. The molecule has 6 heteroatoms. The molecular formula is C9H11N5O. The summed E-state index contributed by atoms with van der Waals surface area (Å²) in [6.45, 7) is 1.82. The van der Waals surface area contributed by atoms with Crippen LogP contribution in [0, 0.1) is 6.92 Å². The monoisotopic (exact) mass is 205 g/mol. The van der Waals surface area contributed by atoms with Gasteiger partial charge in [-0.15, -0.1) is 0 Å². The molecule has 0 aliphatic rings. The summed E-state index contributed by atoms with van der Waals surface area (Å²) in [6.07, 6.45) is 0.344. The number of nitrogens with two attached hydrogens (primary N) is 1. The van der Waals surface area contributed by atoms with Gasteiger partial charge < -0.3 is 10.9 Å². The van der Waals surface area contributed by atoms with Gasteiger partial charge in [0.05, 0.1) is 12.1 Å². The fraction of sp³-hybridized carbons (Fsp3) is 0.222. The van der Waals surface area contributed by atoms with Gasteiger partial charge in [0.1, 0.15) is 11.7 Å². The van der Waals surface area contributed by atoms with Crippen molar-refractivity contribution >= 4 is 11.5 Å². The maximum absolute atomic E-state index is 8.49. The van der Waals surface area contributed by atoms with E-state index in [9.17, 15) is 0 Å². The fourth-order valence-corrected chi connectivity index (χ4v) is 1.42. The average Bonchev–Trinajstić information content (AvgIpc) is 2.59. The number of amidine groups is 1. The van der Waals surface area contributed by atoms with Gasteiger partial charge in [-0.25, -0.2) is 9.50 Å². The number of hydrogen-bond donors (Lipinski definition) is 2. The Morgan fingerprint density at radius 2 is 2.40 bits per heavy atom. The van der Waals surface area contributed by atoms with E-state index in [2.05, 4.69) is 15.2 Å². The third kappa shape index (κ3) is 1.74. The Kier molecular flexibility index (Phi) is 2.24. The lowest BCUT2D eigenvalue weighted by Crippen LogP contribution is -2.16. The van der Waals surface area contributed by atoms with E-state index in [4.69, 9.17) is 10.9 Å².